The second kappa shape index (κ2) is 50.7. The van der Waals surface area contributed by atoms with E-state index in [1.165, 1.54) is 57.8 Å². The Kier molecular flexibility index (Phi) is 47.5. The molecule has 0 bridgehead atoms. The summed E-state index contributed by atoms with van der Waals surface area (Å²) in [6.45, 7) is 6.30. The number of allylic oxidation sites excluding steroid dienone is 18. The zero-order valence-electron chi connectivity index (χ0n) is 40.5. The Hall–Kier alpha value is -3.93. The van der Waals surface area contributed by atoms with Gasteiger partial charge in [0.15, 0.2) is 6.10 Å². The third-order valence-electron chi connectivity index (χ3n) is 10.3. The number of rotatable bonds is 44. The molecular formula is C57H92O6. The van der Waals surface area contributed by atoms with Crippen molar-refractivity contribution >= 4 is 17.9 Å². The number of unbranched alkanes of at least 4 members (excludes halogenated alkanes) is 15. The first-order valence-electron chi connectivity index (χ1n) is 25.4. The maximum absolute atomic E-state index is 12.7. The van der Waals surface area contributed by atoms with Crippen molar-refractivity contribution in [2.75, 3.05) is 13.2 Å². The van der Waals surface area contributed by atoms with Gasteiger partial charge in [0.05, 0.1) is 0 Å². The molecule has 0 saturated carbocycles. The van der Waals surface area contributed by atoms with E-state index in [9.17, 15) is 14.4 Å². The van der Waals surface area contributed by atoms with Gasteiger partial charge in [-0.05, 0) is 96.3 Å². The zero-order chi connectivity index (χ0) is 45.8. The second-order valence-corrected chi connectivity index (χ2v) is 16.3. The van der Waals surface area contributed by atoms with Gasteiger partial charge in [-0.2, -0.15) is 0 Å². The first-order chi connectivity index (χ1) is 31.0. The second-order valence-electron chi connectivity index (χ2n) is 16.3. The third-order valence-corrected chi connectivity index (χ3v) is 10.3. The Morgan fingerprint density at radius 3 is 1.02 bits per heavy atom. The molecule has 6 nitrogen and oxygen atoms in total. The van der Waals surface area contributed by atoms with Gasteiger partial charge >= 0.3 is 17.9 Å². The van der Waals surface area contributed by atoms with Gasteiger partial charge in [-0.15, -0.1) is 0 Å². The lowest BCUT2D eigenvalue weighted by atomic mass is 10.1. The van der Waals surface area contributed by atoms with Crippen molar-refractivity contribution in [3.8, 4) is 0 Å². The molecule has 1 unspecified atom stereocenters. The van der Waals surface area contributed by atoms with Crippen molar-refractivity contribution in [1.29, 1.82) is 0 Å². The third kappa shape index (κ3) is 49.0. The van der Waals surface area contributed by atoms with Crippen LogP contribution < -0.4 is 0 Å². The normalized spacial score (nSPS) is 13.0. The molecule has 356 valence electrons. The Bertz CT molecular complexity index is 1330. The molecule has 0 aromatic rings. The van der Waals surface area contributed by atoms with Gasteiger partial charge in [0.1, 0.15) is 13.2 Å². The average molecular weight is 873 g/mol. The summed E-state index contributed by atoms with van der Waals surface area (Å²) in [7, 11) is 0. The van der Waals surface area contributed by atoms with E-state index in [4.69, 9.17) is 14.2 Å². The Labute approximate surface area is 387 Å². The number of ether oxygens (including phenoxy) is 3. The fourth-order valence-electron chi connectivity index (χ4n) is 6.53. The first kappa shape index (κ1) is 59.1. The van der Waals surface area contributed by atoms with Crippen molar-refractivity contribution in [2.45, 2.75) is 219 Å². The fraction of sp³-hybridized carbons (Fsp3) is 0.632. The molecule has 0 radical (unpaired) electrons. The van der Waals surface area contributed by atoms with Crippen LogP contribution in [0.15, 0.2) is 109 Å². The first-order valence-corrected chi connectivity index (χ1v) is 25.4. The molecule has 0 aliphatic carbocycles. The topological polar surface area (TPSA) is 78.9 Å². The number of carbonyl (C=O) groups excluding carboxylic acids is 3. The van der Waals surface area contributed by atoms with E-state index < -0.39 is 6.10 Å². The van der Waals surface area contributed by atoms with Crippen LogP contribution in [-0.4, -0.2) is 37.2 Å². The van der Waals surface area contributed by atoms with Gasteiger partial charge in [-0.25, -0.2) is 0 Å². The minimum Gasteiger partial charge on any atom is -0.462 e. The summed E-state index contributed by atoms with van der Waals surface area (Å²) in [5.74, 6) is -0.985. The van der Waals surface area contributed by atoms with E-state index in [0.29, 0.717) is 19.3 Å². The summed E-state index contributed by atoms with van der Waals surface area (Å²) < 4.78 is 16.7. The van der Waals surface area contributed by atoms with Gasteiger partial charge < -0.3 is 14.2 Å². The summed E-state index contributed by atoms with van der Waals surface area (Å²) >= 11 is 0. The minimum absolute atomic E-state index is 0.105. The van der Waals surface area contributed by atoms with E-state index >= 15 is 0 Å². The lowest BCUT2D eigenvalue weighted by molar-refractivity contribution is -0.167. The molecule has 0 rings (SSSR count). The van der Waals surface area contributed by atoms with E-state index in [-0.39, 0.29) is 37.5 Å². The smallest absolute Gasteiger partial charge is 0.306 e. The van der Waals surface area contributed by atoms with E-state index in [1.807, 2.05) is 0 Å². The molecule has 0 spiro atoms. The van der Waals surface area contributed by atoms with Crippen LogP contribution >= 0.6 is 0 Å². The van der Waals surface area contributed by atoms with Gasteiger partial charge in [0, 0.05) is 19.3 Å². The van der Waals surface area contributed by atoms with Crippen LogP contribution in [0.4, 0.5) is 0 Å². The minimum atomic E-state index is -0.809. The van der Waals surface area contributed by atoms with Crippen LogP contribution in [0.5, 0.6) is 0 Å². The van der Waals surface area contributed by atoms with Crippen molar-refractivity contribution in [3.63, 3.8) is 0 Å². The standard InChI is InChI=1S/C57H92O6/c1-4-7-10-13-16-18-20-22-24-26-27-28-29-31-32-34-36-38-41-44-47-50-56(59)62-53-54(52-61-55(58)49-46-43-40-15-12-9-6-3)63-57(60)51-48-45-42-39-37-35-33-30-25-23-21-19-17-14-11-8-5-2/h7-8,10-11,16-19,22-25,27-28,33,35,39,42,54H,4-6,9,12-15,20-21,26,29-32,34,36-38,40-41,43-53H2,1-3H3/b10-7-,11-8-,18-16-,19-17-,24-22-,25-23-,28-27-,35-33-,42-39-. The number of hydrogen-bond acceptors (Lipinski definition) is 6. The molecule has 0 N–H and O–H groups in total. The number of hydrogen-bond donors (Lipinski definition) is 0. The van der Waals surface area contributed by atoms with Crippen molar-refractivity contribution in [3.05, 3.63) is 109 Å². The highest BCUT2D eigenvalue weighted by Gasteiger charge is 2.19. The van der Waals surface area contributed by atoms with Crippen molar-refractivity contribution in [1.82, 2.24) is 0 Å². The highest BCUT2D eigenvalue weighted by molar-refractivity contribution is 5.71. The van der Waals surface area contributed by atoms with Crippen LogP contribution in [-0.2, 0) is 28.6 Å². The summed E-state index contributed by atoms with van der Waals surface area (Å²) in [6.07, 6.45) is 68.1. The predicted molar refractivity (Wildman–Crippen MR) is 270 cm³/mol. The molecule has 0 aliphatic heterocycles. The Balaban J connectivity index is 4.36. The van der Waals surface area contributed by atoms with Gasteiger partial charge in [-0.3, -0.25) is 14.4 Å². The van der Waals surface area contributed by atoms with E-state index in [0.717, 1.165) is 109 Å². The zero-order valence-corrected chi connectivity index (χ0v) is 40.5. The highest BCUT2D eigenvalue weighted by atomic mass is 16.6. The summed E-state index contributed by atoms with van der Waals surface area (Å²) in [4.78, 5) is 37.8. The predicted octanol–water partition coefficient (Wildman–Crippen LogP) is 16.8. The molecule has 0 aliphatic rings. The van der Waals surface area contributed by atoms with Gasteiger partial charge in [-0.1, -0.05) is 207 Å². The van der Waals surface area contributed by atoms with Crippen LogP contribution in [0.2, 0.25) is 0 Å². The van der Waals surface area contributed by atoms with Crippen molar-refractivity contribution < 1.29 is 28.6 Å². The Morgan fingerprint density at radius 1 is 0.333 bits per heavy atom. The van der Waals surface area contributed by atoms with Gasteiger partial charge in [0.25, 0.3) is 0 Å². The summed E-state index contributed by atoms with van der Waals surface area (Å²) in [5, 5.41) is 0. The summed E-state index contributed by atoms with van der Waals surface area (Å²) in [6, 6.07) is 0. The van der Waals surface area contributed by atoms with Gasteiger partial charge in [0.2, 0.25) is 0 Å². The van der Waals surface area contributed by atoms with Crippen LogP contribution in [0, 0.1) is 0 Å². The molecule has 0 fully saturated rings. The molecule has 1 atom stereocenters. The molecule has 0 amide bonds. The lowest BCUT2D eigenvalue weighted by Crippen LogP contribution is -2.30. The maximum atomic E-state index is 12.7. The van der Waals surface area contributed by atoms with Crippen molar-refractivity contribution in [2.24, 2.45) is 0 Å². The molecule has 63 heavy (non-hydrogen) atoms. The molecule has 6 heteroatoms. The Morgan fingerprint density at radius 2 is 0.635 bits per heavy atom. The van der Waals surface area contributed by atoms with E-state index in [1.54, 1.807) is 0 Å². The fourth-order valence-corrected chi connectivity index (χ4v) is 6.53. The monoisotopic (exact) mass is 873 g/mol. The van der Waals surface area contributed by atoms with Crippen LogP contribution in [0.25, 0.3) is 0 Å². The molecule has 0 aromatic heterocycles. The number of carbonyl (C=O) groups is 3. The number of esters is 3. The summed E-state index contributed by atoms with van der Waals surface area (Å²) in [5.41, 5.74) is 0. The quantitative estimate of drug-likeness (QED) is 0.0263. The molecule has 0 saturated heterocycles. The SMILES string of the molecule is CC/C=C\C/C=C\C/C=C\C/C=C\C/C=C\CCCC(=O)OC(COC(=O)CCCCCCCCC)COC(=O)CCCCCCCCCC/C=C\C/C=C\C/C=C\C/C=C\CC. The van der Waals surface area contributed by atoms with Crippen LogP contribution in [0.3, 0.4) is 0 Å². The molecule has 0 heterocycles. The highest BCUT2D eigenvalue weighted by Crippen LogP contribution is 2.13. The lowest BCUT2D eigenvalue weighted by Gasteiger charge is -2.18. The molecule has 0 aromatic carbocycles. The largest absolute Gasteiger partial charge is 0.462 e. The maximum Gasteiger partial charge on any atom is 0.306 e. The average Bonchev–Trinajstić information content (AvgIpc) is 3.28. The van der Waals surface area contributed by atoms with E-state index in [2.05, 4.69) is 130 Å². The molecular weight excluding hydrogens is 781 g/mol. The van der Waals surface area contributed by atoms with Crippen LogP contribution in [0.1, 0.15) is 213 Å².